The molecule has 0 amide bonds. The Morgan fingerprint density at radius 1 is 1.20 bits per heavy atom. The summed E-state index contributed by atoms with van der Waals surface area (Å²) in [6.07, 6.45) is 9.92. The molecule has 1 fully saturated rings. The van der Waals surface area contributed by atoms with Crippen LogP contribution in [0.4, 0.5) is 0 Å². The molecular formula is C13H24O2. The van der Waals surface area contributed by atoms with Crippen LogP contribution >= 0.6 is 0 Å². The predicted molar refractivity (Wildman–Crippen MR) is 61.7 cm³/mol. The summed E-state index contributed by atoms with van der Waals surface area (Å²) in [4.78, 5) is 11.3. The molecule has 2 unspecified atom stereocenters. The van der Waals surface area contributed by atoms with Crippen LogP contribution < -0.4 is 0 Å². The van der Waals surface area contributed by atoms with E-state index in [-0.39, 0.29) is 18.0 Å². The molecule has 0 aliphatic carbocycles. The lowest BCUT2D eigenvalue weighted by Gasteiger charge is -2.04. The highest BCUT2D eigenvalue weighted by Gasteiger charge is 2.30. The Balaban J connectivity index is 1.98. The van der Waals surface area contributed by atoms with E-state index in [9.17, 15) is 4.79 Å². The van der Waals surface area contributed by atoms with Gasteiger partial charge in [0.1, 0.15) is 0 Å². The van der Waals surface area contributed by atoms with E-state index in [4.69, 9.17) is 4.74 Å². The molecule has 15 heavy (non-hydrogen) atoms. The largest absolute Gasteiger partial charge is 0.462 e. The van der Waals surface area contributed by atoms with Gasteiger partial charge in [-0.3, -0.25) is 4.79 Å². The Morgan fingerprint density at radius 2 is 1.87 bits per heavy atom. The van der Waals surface area contributed by atoms with Crippen molar-refractivity contribution in [3.05, 3.63) is 0 Å². The van der Waals surface area contributed by atoms with E-state index < -0.39 is 0 Å². The summed E-state index contributed by atoms with van der Waals surface area (Å²) in [5.41, 5.74) is 0. The molecule has 0 spiro atoms. The summed E-state index contributed by atoms with van der Waals surface area (Å²) in [7, 11) is 0. The van der Waals surface area contributed by atoms with Crippen molar-refractivity contribution in [1.82, 2.24) is 0 Å². The molecule has 1 aliphatic rings. The topological polar surface area (TPSA) is 26.3 Å². The van der Waals surface area contributed by atoms with E-state index in [0.29, 0.717) is 0 Å². The van der Waals surface area contributed by atoms with E-state index in [0.717, 1.165) is 12.8 Å². The lowest BCUT2D eigenvalue weighted by atomic mass is 9.97. The summed E-state index contributed by atoms with van der Waals surface area (Å²) in [5.74, 6) is 0.238. The minimum atomic E-state index is 0.0380. The zero-order valence-electron chi connectivity index (χ0n) is 10.1. The maximum atomic E-state index is 11.3. The van der Waals surface area contributed by atoms with Crippen molar-refractivity contribution in [2.45, 2.75) is 71.3 Å². The average Bonchev–Trinajstić information content (AvgIpc) is 2.51. The Labute approximate surface area is 93.4 Å². The van der Waals surface area contributed by atoms with Gasteiger partial charge in [-0.15, -0.1) is 0 Å². The third-order valence-corrected chi connectivity index (χ3v) is 3.17. The highest BCUT2D eigenvalue weighted by Crippen LogP contribution is 2.25. The molecule has 0 radical (unpaired) electrons. The number of esters is 1. The highest BCUT2D eigenvalue weighted by atomic mass is 16.5. The monoisotopic (exact) mass is 212 g/mol. The third kappa shape index (κ3) is 4.67. The van der Waals surface area contributed by atoms with Gasteiger partial charge in [0.25, 0.3) is 0 Å². The van der Waals surface area contributed by atoms with Crippen LogP contribution in [0.25, 0.3) is 0 Å². The SMILES string of the molecule is CCCCCCCCC1CC(C)OC1=O. The van der Waals surface area contributed by atoms with Gasteiger partial charge in [0, 0.05) is 0 Å². The number of hydrogen-bond acceptors (Lipinski definition) is 2. The minimum Gasteiger partial charge on any atom is -0.462 e. The van der Waals surface area contributed by atoms with Crippen LogP contribution in [0.15, 0.2) is 0 Å². The van der Waals surface area contributed by atoms with E-state index in [1.165, 1.54) is 38.5 Å². The van der Waals surface area contributed by atoms with Crippen molar-refractivity contribution in [3.63, 3.8) is 0 Å². The van der Waals surface area contributed by atoms with Crippen LogP contribution in [0.3, 0.4) is 0 Å². The summed E-state index contributed by atoms with van der Waals surface area (Å²) in [5, 5.41) is 0. The molecule has 0 aromatic carbocycles. The van der Waals surface area contributed by atoms with E-state index in [1.54, 1.807) is 0 Å². The molecule has 0 aromatic heterocycles. The molecule has 1 saturated heterocycles. The quantitative estimate of drug-likeness (QED) is 0.475. The number of rotatable bonds is 7. The van der Waals surface area contributed by atoms with Crippen molar-refractivity contribution in [2.24, 2.45) is 5.92 Å². The fourth-order valence-corrected chi connectivity index (χ4v) is 2.25. The number of cyclic esters (lactones) is 1. The summed E-state index contributed by atoms with van der Waals surface area (Å²) in [6.45, 7) is 4.22. The molecule has 88 valence electrons. The third-order valence-electron chi connectivity index (χ3n) is 3.17. The van der Waals surface area contributed by atoms with E-state index in [1.807, 2.05) is 6.92 Å². The Hall–Kier alpha value is -0.530. The zero-order chi connectivity index (χ0) is 11.1. The maximum Gasteiger partial charge on any atom is 0.309 e. The van der Waals surface area contributed by atoms with Crippen LogP contribution in [0.5, 0.6) is 0 Å². The van der Waals surface area contributed by atoms with E-state index >= 15 is 0 Å². The first-order chi connectivity index (χ1) is 7.24. The fourth-order valence-electron chi connectivity index (χ4n) is 2.25. The molecule has 1 heterocycles. The van der Waals surface area contributed by atoms with Crippen LogP contribution in [0.1, 0.15) is 65.2 Å². The van der Waals surface area contributed by atoms with Gasteiger partial charge < -0.3 is 4.74 Å². The van der Waals surface area contributed by atoms with Gasteiger partial charge >= 0.3 is 5.97 Å². The summed E-state index contributed by atoms with van der Waals surface area (Å²) < 4.78 is 5.13. The first-order valence-electron chi connectivity index (χ1n) is 6.44. The van der Waals surface area contributed by atoms with Gasteiger partial charge in [-0.05, 0) is 19.8 Å². The molecule has 2 atom stereocenters. The van der Waals surface area contributed by atoms with Crippen molar-refractivity contribution >= 4 is 5.97 Å². The lowest BCUT2D eigenvalue weighted by Crippen LogP contribution is -2.07. The summed E-state index contributed by atoms with van der Waals surface area (Å²) >= 11 is 0. The number of ether oxygens (including phenoxy) is 1. The van der Waals surface area contributed by atoms with E-state index in [2.05, 4.69) is 6.92 Å². The number of unbranched alkanes of at least 4 members (excludes halogenated alkanes) is 5. The van der Waals surface area contributed by atoms with Gasteiger partial charge in [-0.25, -0.2) is 0 Å². The van der Waals surface area contributed by atoms with Crippen LogP contribution in [0.2, 0.25) is 0 Å². The van der Waals surface area contributed by atoms with Crippen molar-refractivity contribution in [2.75, 3.05) is 0 Å². The molecule has 1 rings (SSSR count). The molecule has 0 N–H and O–H groups in total. The second kappa shape index (κ2) is 6.86. The first kappa shape index (κ1) is 12.5. The molecule has 0 bridgehead atoms. The molecule has 2 heteroatoms. The van der Waals surface area contributed by atoms with Gasteiger partial charge in [-0.1, -0.05) is 45.4 Å². The molecule has 0 aromatic rings. The highest BCUT2D eigenvalue weighted by molar-refractivity contribution is 5.74. The Kier molecular flexibility index (Phi) is 5.74. The normalized spacial score (nSPS) is 25.6. The fraction of sp³-hybridized carbons (Fsp3) is 0.923. The van der Waals surface area contributed by atoms with Crippen LogP contribution in [0, 0.1) is 5.92 Å². The Bertz CT molecular complexity index is 189. The second-order valence-electron chi connectivity index (χ2n) is 4.74. The standard InChI is InChI=1S/C13H24O2/c1-3-4-5-6-7-8-9-12-10-11(2)15-13(12)14/h11-12H,3-10H2,1-2H3. The number of carbonyl (C=O) groups is 1. The molecular weight excluding hydrogens is 188 g/mol. The predicted octanol–water partition coefficient (Wildman–Crippen LogP) is 3.69. The first-order valence-corrected chi connectivity index (χ1v) is 6.44. The lowest BCUT2D eigenvalue weighted by molar-refractivity contribution is -0.143. The van der Waals surface area contributed by atoms with Crippen molar-refractivity contribution in [1.29, 1.82) is 0 Å². The maximum absolute atomic E-state index is 11.3. The van der Waals surface area contributed by atoms with Crippen LogP contribution in [-0.2, 0) is 9.53 Å². The number of carbonyl (C=O) groups excluding carboxylic acids is 1. The van der Waals surface area contributed by atoms with Gasteiger partial charge in [0.2, 0.25) is 0 Å². The minimum absolute atomic E-state index is 0.0380. The summed E-state index contributed by atoms with van der Waals surface area (Å²) in [6, 6.07) is 0. The average molecular weight is 212 g/mol. The second-order valence-corrected chi connectivity index (χ2v) is 4.74. The van der Waals surface area contributed by atoms with Gasteiger partial charge in [-0.2, -0.15) is 0 Å². The van der Waals surface area contributed by atoms with Crippen molar-refractivity contribution in [3.8, 4) is 0 Å². The zero-order valence-corrected chi connectivity index (χ0v) is 10.1. The molecule has 2 nitrogen and oxygen atoms in total. The van der Waals surface area contributed by atoms with Gasteiger partial charge in [0.05, 0.1) is 12.0 Å². The van der Waals surface area contributed by atoms with Crippen molar-refractivity contribution < 1.29 is 9.53 Å². The Morgan fingerprint density at radius 3 is 2.47 bits per heavy atom. The smallest absolute Gasteiger partial charge is 0.309 e. The molecule has 0 saturated carbocycles. The van der Waals surface area contributed by atoms with Gasteiger partial charge in [0.15, 0.2) is 0 Å². The number of hydrogen-bond donors (Lipinski definition) is 0. The van der Waals surface area contributed by atoms with Crippen LogP contribution in [-0.4, -0.2) is 12.1 Å². The molecule has 1 aliphatic heterocycles.